The molecule has 4 nitrogen and oxygen atoms in total. The third kappa shape index (κ3) is 3.87. The van der Waals surface area contributed by atoms with Crippen LogP contribution in [0.15, 0.2) is 47.4 Å². The van der Waals surface area contributed by atoms with Crippen LogP contribution in [0.4, 0.5) is 0 Å². The van der Waals surface area contributed by atoms with Gasteiger partial charge in [0.1, 0.15) is 22.8 Å². The Labute approximate surface area is 139 Å². The molecule has 0 aromatic heterocycles. The Morgan fingerprint density at radius 3 is 2.57 bits per heavy atom. The molecular formula is C18H18O4S. The zero-order valence-electron chi connectivity index (χ0n) is 13.2. The van der Waals surface area contributed by atoms with Crippen LogP contribution in [0.2, 0.25) is 0 Å². The molecule has 0 aliphatic carbocycles. The summed E-state index contributed by atoms with van der Waals surface area (Å²) < 4.78 is 10.2. The molecule has 0 radical (unpaired) electrons. The van der Waals surface area contributed by atoms with E-state index in [0.717, 1.165) is 10.5 Å². The molecule has 0 spiro atoms. The minimum Gasteiger partial charge on any atom is -0.507 e. The average Bonchev–Trinajstić information content (AvgIpc) is 2.58. The number of hydrogen-bond donors (Lipinski definition) is 1. The third-order valence-corrected chi connectivity index (χ3v) is 4.12. The Morgan fingerprint density at radius 1 is 1.17 bits per heavy atom. The normalized spacial score (nSPS) is 10.7. The highest BCUT2D eigenvalue weighted by Crippen LogP contribution is 2.34. The number of phenolic OH excluding ortho intramolecular Hbond substituents is 1. The van der Waals surface area contributed by atoms with Crippen molar-refractivity contribution in [3.63, 3.8) is 0 Å². The molecule has 5 heteroatoms. The van der Waals surface area contributed by atoms with Gasteiger partial charge in [-0.15, -0.1) is 11.8 Å². The molecule has 2 aromatic carbocycles. The number of carbonyl (C=O) groups excluding carboxylic acids is 1. The standard InChI is InChI=1S/C18H18O4S/c1-21-13-10-15(20)18(16(11-13)22-2)14(19)9-8-12-6-4-5-7-17(12)23-3/h4-11,20H,1-3H3/b9-8+. The summed E-state index contributed by atoms with van der Waals surface area (Å²) in [6.07, 6.45) is 5.14. The quantitative estimate of drug-likeness (QED) is 0.492. The van der Waals surface area contributed by atoms with Crippen molar-refractivity contribution in [1.82, 2.24) is 0 Å². The Balaban J connectivity index is 2.36. The molecule has 0 bridgehead atoms. The Hall–Kier alpha value is -2.40. The van der Waals surface area contributed by atoms with E-state index in [4.69, 9.17) is 9.47 Å². The van der Waals surface area contributed by atoms with E-state index >= 15 is 0 Å². The highest BCUT2D eigenvalue weighted by molar-refractivity contribution is 7.98. The lowest BCUT2D eigenvalue weighted by molar-refractivity contribution is 0.104. The fourth-order valence-corrected chi connectivity index (χ4v) is 2.74. The van der Waals surface area contributed by atoms with Gasteiger partial charge in [-0.1, -0.05) is 18.2 Å². The van der Waals surface area contributed by atoms with Crippen LogP contribution in [0, 0.1) is 0 Å². The van der Waals surface area contributed by atoms with Gasteiger partial charge >= 0.3 is 0 Å². The van der Waals surface area contributed by atoms with E-state index in [-0.39, 0.29) is 22.8 Å². The molecule has 0 heterocycles. The molecule has 0 aliphatic rings. The monoisotopic (exact) mass is 330 g/mol. The summed E-state index contributed by atoms with van der Waals surface area (Å²) in [4.78, 5) is 13.5. The zero-order chi connectivity index (χ0) is 16.8. The SMILES string of the molecule is COc1cc(O)c(C(=O)/C=C/c2ccccc2SC)c(OC)c1. The molecule has 0 aliphatic heterocycles. The number of carbonyl (C=O) groups is 1. The molecule has 0 atom stereocenters. The van der Waals surface area contributed by atoms with Crippen molar-refractivity contribution in [1.29, 1.82) is 0 Å². The molecule has 0 amide bonds. The van der Waals surface area contributed by atoms with Crippen molar-refractivity contribution in [3.8, 4) is 17.2 Å². The van der Waals surface area contributed by atoms with Gasteiger partial charge in [-0.05, 0) is 30.0 Å². The molecule has 2 rings (SSSR count). The first-order valence-electron chi connectivity index (χ1n) is 6.91. The second kappa shape index (κ2) is 7.74. The first-order valence-corrected chi connectivity index (χ1v) is 8.13. The van der Waals surface area contributed by atoms with E-state index in [1.807, 2.05) is 30.5 Å². The van der Waals surface area contributed by atoms with Crippen LogP contribution in [0.25, 0.3) is 6.08 Å². The summed E-state index contributed by atoms with van der Waals surface area (Å²) in [5.41, 5.74) is 1.06. The number of methoxy groups -OCH3 is 2. The molecular weight excluding hydrogens is 312 g/mol. The second-order valence-corrected chi connectivity index (χ2v) is 5.51. The van der Waals surface area contributed by atoms with Crippen molar-refractivity contribution < 1.29 is 19.4 Å². The lowest BCUT2D eigenvalue weighted by Crippen LogP contribution is -2.00. The zero-order valence-corrected chi connectivity index (χ0v) is 14.0. The molecule has 120 valence electrons. The van der Waals surface area contributed by atoms with Gasteiger partial charge < -0.3 is 14.6 Å². The second-order valence-electron chi connectivity index (χ2n) is 4.66. The summed E-state index contributed by atoms with van der Waals surface area (Å²) in [6.45, 7) is 0. The summed E-state index contributed by atoms with van der Waals surface area (Å²) in [5.74, 6) is 0.189. The third-order valence-electron chi connectivity index (χ3n) is 3.31. The number of phenols is 1. The van der Waals surface area contributed by atoms with Crippen LogP contribution in [0.5, 0.6) is 17.2 Å². The first-order chi connectivity index (χ1) is 11.1. The van der Waals surface area contributed by atoms with E-state index in [0.29, 0.717) is 5.75 Å². The van der Waals surface area contributed by atoms with Gasteiger partial charge in [0, 0.05) is 17.0 Å². The number of thioether (sulfide) groups is 1. The number of hydrogen-bond acceptors (Lipinski definition) is 5. The predicted molar refractivity (Wildman–Crippen MR) is 92.8 cm³/mol. The molecule has 1 N–H and O–H groups in total. The van der Waals surface area contributed by atoms with Crippen LogP contribution in [0.1, 0.15) is 15.9 Å². The number of ketones is 1. The molecule has 0 fully saturated rings. The number of allylic oxidation sites excluding steroid dienone is 1. The van der Waals surface area contributed by atoms with Gasteiger partial charge in [0.05, 0.1) is 14.2 Å². The maximum Gasteiger partial charge on any atom is 0.193 e. The topological polar surface area (TPSA) is 55.8 Å². The minimum absolute atomic E-state index is 0.117. The van der Waals surface area contributed by atoms with Gasteiger partial charge in [0.2, 0.25) is 0 Å². The highest BCUT2D eigenvalue weighted by Gasteiger charge is 2.17. The van der Waals surface area contributed by atoms with Crippen molar-refractivity contribution in [2.45, 2.75) is 4.90 Å². The molecule has 0 saturated carbocycles. The van der Waals surface area contributed by atoms with Gasteiger partial charge in [-0.25, -0.2) is 0 Å². The van der Waals surface area contributed by atoms with Gasteiger partial charge in [-0.3, -0.25) is 4.79 Å². The lowest BCUT2D eigenvalue weighted by atomic mass is 10.1. The highest BCUT2D eigenvalue weighted by atomic mass is 32.2. The van der Waals surface area contributed by atoms with Crippen LogP contribution in [0.3, 0.4) is 0 Å². The number of aromatic hydroxyl groups is 1. The lowest BCUT2D eigenvalue weighted by Gasteiger charge is -2.10. The molecule has 0 unspecified atom stereocenters. The molecule has 2 aromatic rings. The van der Waals surface area contributed by atoms with E-state index in [2.05, 4.69) is 0 Å². The Bertz CT molecular complexity index is 738. The largest absolute Gasteiger partial charge is 0.507 e. The van der Waals surface area contributed by atoms with Crippen LogP contribution < -0.4 is 9.47 Å². The van der Waals surface area contributed by atoms with Crippen molar-refractivity contribution in [3.05, 3.63) is 53.6 Å². The van der Waals surface area contributed by atoms with E-state index in [9.17, 15) is 9.90 Å². The Kier molecular flexibility index (Phi) is 5.71. The maximum absolute atomic E-state index is 12.4. The Morgan fingerprint density at radius 2 is 1.91 bits per heavy atom. The van der Waals surface area contributed by atoms with E-state index in [1.165, 1.54) is 26.4 Å². The summed E-state index contributed by atoms with van der Waals surface area (Å²) in [6, 6.07) is 10.7. The molecule has 0 saturated heterocycles. The average molecular weight is 330 g/mol. The molecule has 23 heavy (non-hydrogen) atoms. The number of ether oxygens (including phenoxy) is 2. The fraction of sp³-hybridized carbons (Fsp3) is 0.167. The first kappa shape index (κ1) is 17.0. The summed E-state index contributed by atoms with van der Waals surface area (Å²) in [5, 5.41) is 10.1. The van der Waals surface area contributed by atoms with Gasteiger partial charge in [-0.2, -0.15) is 0 Å². The summed E-state index contributed by atoms with van der Waals surface area (Å²) in [7, 11) is 2.92. The predicted octanol–water partition coefficient (Wildman–Crippen LogP) is 4.03. The van der Waals surface area contributed by atoms with Gasteiger partial charge in [0.15, 0.2) is 5.78 Å². The van der Waals surface area contributed by atoms with Crippen molar-refractivity contribution in [2.24, 2.45) is 0 Å². The van der Waals surface area contributed by atoms with Crippen molar-refractivity contribution in [2.75, 3.05) is 20.5 Å². The van der Waals surface area contributed by atoms with Gasteiger partial charge in [0.25, 0.3) is 0 Å². The fourth-order valence-electron chi connectivity index (χ4n) is 2.16. The van der Waals surface area contributed by atoms with E-state index in [1.54, 1.807) is 23.9 Å². The van der Waals surface area contributed by atoms with Crippen molar-refractivity contribution >= 4 is 23.6 Å². The summed E-state index contributed by atoms with van der Waals surface area (Å²) >= 11 is 1.61. The van der Waals surface area contributed by atoms with Crippen LogP contribution in [-0.2, 0) is 0 Å². The van der Waals surface area contributed by atoms with Crippen LogP contribution in [-0.4, -0.2) is 31.4 Å². The number of rotatable bonds is 6. The minimum atomic E-state index is -0.335. The maximum atomic E-state index is 12.4. The smallest absolute Gasteiger partial charge is 0.193 e. The van der Waals surface area contributed by atoms with E-state index < -0.39 is 0 Å². The van der Waals surface area contributed by atoms with Crippen LogP contribution >= 0.6 is 11.8 Å². The number of benzene rings is 2.